The molecular formula is C14H18N6O. The minimum absolute atomic E-state index is 0.0176. The molecule has 0 bridgehead atoms. The number of rotatable bonds is 2. The van der Waals surface area contributed by atoms with Gasteiger partial charge in [0.2, 0.25) is 0 Å². The van der Waals surface area contributed by atoms with E-state index in [1.807, 2.05) is 26.8 Å². The second-order valence-electron chi connectivity index (χ2n) is 5.38. The van der Waals surface area contributed by atoms with Crippen molar-refractivity contribution in [2.24, 2.45) is 10.7 Å². The second-order valence-corrected chi connectivity index (χ2v) is 5.38. The maximum atomic E-state index is 12.8. The Bertz CT molecular complexity index is 847. The first-order chi connectivity index (χ1) is 9.99. The number of aromatic nitrogens is 3. The first-order valence-corrected chi connectivity index (χ1v) is 6.85. The summed E-state index contributed by atoms with van der Waals surface area (Å²) in [7, 11) is 0. The molecule has 1 aliphatic heterocycles. The van der Waals surface area contributed by atoms with Crippen molar-refractivity contribution in [3.05, 3.63) is 39.4 Å². The Hall–Kier alpha value is -2.41. The number of aromatic amines is 1. The lowest BCUT2D eigenvalue weighted by molar-refractivity contribution is 0.516. The molecule has 1 unspecified atom stereocenters. The maximum absolute atomic E-state index is 12.8. The van der Waals surface area contributed by atoms with Crippen LogP contribution in [0.15, 0.2) is 28.1 Å². The van der Waals surface area contributed by atoms with Crippen LogP contribution in [0.2, 0.25) is 0 Å². The number of nitrogens with two attached hydrogens (primary N) is 1. The van der Waals surface area contributed by atoms with Crippen LogP contribution in [0.4, 0.5) is 0 Å². The zero-order chi connectivity index (χ0) is 15.1. The van der Waals surface area contributed by atoms with Crippen LogP contribution in [0.5, 0.6) is 0 Å². The summed E-state index contributed by atoms with van der Waals surface area (Å²) in [5.74, 6) is 0. The average molecular weight is 286 g/mol. The van der Waals surface area contributed by atoms with E-state index in [4.69, 9.17) is 5.73 Å². The molecule has 0 saturated heterocycles. The van der Waals surface area contributed by atoms with Gasteiger partial charge < -0.3 is 5.32 Å². The predicted molar refractivity (Wildman–Crippen MR) is 79.6 cm³/mol. The van der Waals surface area contributed by atoms with Crippen molar-refractivity contribution in [3.8, 4) is 11.3 Å². The van der Waals surface area contributed by atoms with Crippen LogP contribution in [0, 0.1) is 0 Å². The Morgan fingerprint density at radius 3 is 2.81 bits per heavy atom. The van der Waals surface area contributed by atoms with Gasteiger partial charge in [-0.2, -0.15) is 5.10 Å². The summed E-state index contributed by atoms with van der Waals surface area (Å²) in [5.41, 5.74) is 8.57. The summed E-state index contributed by atoms with van der Waals surface area (Å²) in [5, 5.41) is 10.7. The molecule has 0 spiro atoms. The van der Waals surface area contributed by atoms with Gasteiger partial charge in [0.05, 0.1) is 11.3 Å². The number of nitrogens with zero attached hydrogens (tertiary/aromatic N) is 3. The quantitative estimate of drug-likeness (QED) is 0.687. The molecule has 2 aromatic rings. The number of nitrogens with one attached hydrogen (secondary N) is 2. The fourth-order valence-electron chi connectivity index (χ4n) is 2.58. The molecule has 3 rings (SSSR count). The molecule has 0 radical (unpaired) electrons. The van der Waals surface area contributed by atoms with Gasteiger partial charge in [0.15, 0.2) is 6.29 Å². The Balaban J connectivity index is 2.48. The molecule has 7 nitrogen and oxygen atoms in total. The first kappa shape index (κ1) is 13.6. The van der Waals surface area contributed by atoms with E-state index in [2.05, 4.69) is 20.5 Å². The van der Waals surface area contributed by atoms with E-state index >= 15 is 0 Å². The average Bonchev–Trinajstić information content (AvgIpc) is 2.91. The number of pyridine rings is 1. The summed E-state index contributed by atoms with van der Waals surface area (Å²) in [4.78, 5) is 17.2. The minimum atomic E-state index is -0.528. The van der Waals surface area contributed by atoms with Gasteiger partial charge in [0, 0.05) is 23.2 Å². The van der Waals surface area contributed by atoms with Crippen LogP contribution in [-0.2, 0) is 0 Å². The van der Waals surface area contributed by atoms with Gasteiger partial charge >= 0.3 is 0 Å². The molecule has 1 atom stereocenters. The van der Waals surface area contributed by atoms with Crippen molar-refractivity contribution in [1.29, 1.82) is 0 Å². The maximum Gasteiger partial charge on any atom is 0.261 e. The Labute approximate surface area is 121 Å². The van der Waals surface area contributed by atoms with Crippen LogP contribution >= 0.6 is 0 Å². The summed E-state index contributed by atoms with van der Waals surface area (Å²) in [6.07, 6.45) is 1.10. The van der Waals surface area contributed by atoms with Crippen molar-refractivity contribution < 1.29 is 0 Å². The summed E-state index contributed by atoms with van der Waals surface area (Å²) in [6, 6.07) is 3.60. The molecule has 0 saturated carbocycles. The third-order valence-electron chi connectivity index (χ3n) is 3.54. The lowest BCUT2D eigenvalue weighted by atomic mass is 10.1. The van der Waals surface area contributed by atoms with Gasteiger partial charge in [-0.05, 0) is 32.9 Å². The molecule has 21 heavy (non-hydrogen) atoms. The largest absolute Gasteiger partial charge is 0.355 e. The normalized spacial score (nSPS) is 17.4. The van der Waals surface area contributed by atoms with E-state index in [0.29, 0.717) is 16.7 Å². The number of hydrogen-bond donors (Lipinski definition) is 3. The second kappa shape index (κ2) is 4.85. The van der Waals surface area contributed by atoms with E-state index in [1.54, 1.807) is 16.8 Å². The number of hydrogen-bond acceptors (Lipinski definition) is 5. The molecule has 3 heterocycles. The third kappa shape index (κ3) is 2.15. The van der Waals surface area contributed by atoms with Crippen molar-refractivity contribution >= 4 is 5.70 Å². The summed E-state index contributed by atoms with van der Waals surface area (Å²) < 4.78 is 1.68. The van der Waals surface area contributed by atoms with Crippen molar-refractivity contribution in [2.75, 3.05) is 0 Å². The fourth-order valence-corrected chi connectivity index (χ4v) is 2.58. The Morgan fingerprint density at radius 2 is 2.19 bits per heavy atom. The van der Waals surface area contributed by atoms with Gasteiger partial charge in [-0.3, -0.25) is 20.2 Å². The van der Waals surface area contributed by atoms with Crippen LogP contribution in [0.3, 0.4) is 0 Å². The summed E-state index contributed by atoms with van der Waals surface area (Å²) in [6.45, 7) is 5.84. The van der Waals surface area contributed by atoms with Crippen molar-refractivity contribution in [2.45, 2.75) is 33.1 Å². The van der Waals surface area contributed by atoms with E-state index in [-0.39, 0.29) is 11.6 Å². The van der Waals surface area contributed by atoms with E-state index < -0.39 is 6.29 Å². The highest BCUT2D eigenvalue weighted by atomic mass is 16.1. The number of fused-ring (bicyclic) bond motifs is 1. The van der Waals surface area contributed by atoms with E-state index in [0.717, 1.165) is 10.9 Å². The third-order valence-corrected chi connectivity index (χ3v) is 3.54. The first-order valence-electron chi connectivity index (χ1n) is 6.85. The molecular weight excluding hydrogens is 268 g/mol. The Kier molecular flexibility index (Phi) is 3.13. The standard InChI is InChI=1S/C14H18N6O/c1-7(2)20-12-9(8(3)17-14(15)18-12)6-10(13(20)21)11-4-5-16-19-11/h4-7,14,17H,15H2,1-3H3,(H,16,19). The Morgan fingerprint density at radius 1 is 1.43 bits per heavy atom. The molecule has 0 aromatic carbocycles. The van der Waals surface area contributed by atoms with Gasteiger partial charge in [0.25, 0.3) is 5.56 Å². The van der Waals surface area contributed by atoms with Crippen LogP contribution in [-0.4, -0.2) is 21.1 Å². The number of H-pyrrole nitrogens is 1. The summed E-state index contributed by atoms with van der Waals surface area (Å²) >= 11 is 0. The van der Waals surface area contributed by atoms with Crippen LogP contribution < -0.4 is 27.3 Å². The highest BCUT2D eigenvalue weighted by Gasteiger charge is 2.17. The van der Waals surface area contributed by atoms with E-state index in [1.165, 1.54) is 0 Å². The van der Waals surface area contributed by atoms with Crippen LogP contribution in [0.25, 0.3) is 17.0 Å². The topological polar surface area (TPSA) is 101 Å². The lowest BCUT2D eigenvalue weighted by Crippen LogP contribution is -2.53. The van der Waals surface area contributed by atoms with Gasteiger partial charge in [-0.15, -0.1) is 0 Å². The SMILES string of the molecule is CC1=c2cc(-c3ccn[nH]3)c(=O)n(C(C)C)c2=NC(N)N1. The predicted octanol–water partition coefficient (Wildman–Crippen LogP) is -0.587. The molecule has 7 heteroatoms. The van der Waals surface area contributed by atoms with Crippen molar-refractivity contribution in [1.82, 2.24) is 20.1 Å². The highest BCUT2D eigenvalue weighted by molar-refractivity contribution is 5.58. The fraction of sp³-hybridized carbons (Fsp3) is 0.357. The monoisotopic (exact) mass is 286 g/mol. The molecule has 110 valence electrons. The van der Waals surface area contributed by atoms with Gasteiger partial charge in [0.1, 0.15) is 5.49 Å². The molecule has 0 fully saturated rings. The van der Waals surface area contributed by atoms with Gasteiger partial charge in [-0.25, -0.2) is 4.99 Å². The van der Waals surface area contributed by atoms with Crippen molar-refractivity contribution in [3.63, 3.8) is 0 Å². The molecule has 2 aromatic heterocycles. The zero-order valence-corrected chi connectivity index (χ0v) is 12.2. The highest BCUT2D eigenvalue weighted by Crippen LogP contribution is 2.10. The molecule has 4 N–H and O–H groups in total. The zero-order valence-electron chi connectivity index (χ0n) is 12.2. The molecule has 0 aliphatic carbocycles. The van der Waals surface area contributed by atoms with Crippen LogP contribution in [0.1, 0.15) is 26.8 Å². The minimum Gasteiger partial charge on any atom is -0.355 e. The lowest BCUT2D eigenvalue weighted by Gasteiger charge is -2.20. The van der Waals surface area contributed by atoms with Gasteiger partial charge in [-0.1, -0.05) is 0 Å². The molecule has 0 amide bonds. The van der Waals surface area contributed by atoms with E-state index in [9.17, 15) is 4.79 Å². The molecule has 1 aliphatic rings. The smallest absolute Gasteiger partial charge is 0.261 e.